The second-order valence-electron chi connectivity index (χ2n) is 5.81. The molecule has 7 nitrogen and oxygen atoms in total. The van der Waals surface area contributed by atoms with Crippen molar-refractivity contribution in [1.82, 2.24) is 0 Å². The van der Waals surface area contributed by atoms with Gasteiger partial charge in [-0.15, -0.1) is 12.4 Å². The summed E-state index contributed by atoms with van der Waals surface area (Å²) in [5.41, 5.74) is 4.37. The molecule has 27 heavy (non-hydrogen) atoms. The Labute approximate surface area is 164 Å². The van der Waals surface area contributed by atoms with Gasteiger partial charge in [-0.2, -0.15) is 0 Å². The monoisotopic (exact) mass is 397 g/mol. The highest BCUT2D eigenvalue weighted by molar-refractivity contribution is 5.85. The minimum absolute atomic E-state index is 0. The van der Waals surface area contributed by atoms with Crippen LogP contribution in [0, 0.1) is 0 Å². The lowest BCUT2D eigenvalue weighted by Gasteiger charge is -2.23. The molecule has 1 atom stereocenters. The molecule has 0 heterocycles. The summed E-state index contributed by atoms with van der Waals surface area (Å²) in [5.74, 6) is 0.641. The molecule has 2 rings (SSSR count). The lowest BCUT2D eigenvalue weighted by molar-refractivity contribution is -0.139. The van der Waals surface area contributed by atoms with Crippen molar-refractivity contribution < 1.29 is 29.2 Å². The molecular weight excluding hydrogens is 374 g/mol. The molecule has 0 saturated carbocycles. The molecule has 0 amide bonds. The summed E-state index contributed by atoms with van der Waals surface area (Å²) < 4.78 is 16.1. The zero-order valence-corrected chi connectivity index (χ0v) is 15.6. The third-order valence-corrected chi connectivity index (χ3v) is 3.44. The quantitative estimate of drug-likeness (QED) is 0.394. The number of aliphatic hydroxyl groups is 1. The molecule has 0 saturated heterocycles. The first-order chi connectivity index (χ1) is 12.4. The van der Waals surface area contributed by atoms with Crippen LogP contribution in [0.4, 0.5) is 0 Å². The molecule has 148 valence electrons. The molecule has 2 aromatic rings. The van der Waals surface area contributed by atoms with Crippen LogP contribution in [0.15, 0.2) is 54.6 Å². The van der Waals surface area contributed by atoms with Crippen molar-refractivity contribution in [2.24, 2.45) is 5.73 Å². The zero-order chi connectivity index (χ0) is 18.8. The maximum absolute atomic E-state index is 10.4. The predicted molar refractivity (Wildman–Crippen MR) is 103 cm³/mol. The van der Waals surface area contributed by atoms with Crippen molar-refractivity contribution >= 4 is 18.4 Å². The molecule has 8 heteroatoms. The highest BCUT2D eigenvalue weighted by atomic mass is 35.5. The molecule has 4 N–H and O–H groups in total. The van der Waals surface area contributed by atoms with Crippen LogP contribution >= 0.6 is 12.4 Å². The smallest absolute Gasteiger partial charge is 0.341 e. The van der Waals surface area contributed by atoms with E-state index in [0.29, 0.717) is 30.9 Å². The van der Waals surface area contributed by atoms with E-state index in [-0.39, 0.29) is 19.0 Å². The molecule has 0 aliphatic carbocycles. The van der Waals surface area contributed by atoms with E-state index in [0.717, 1.165) is 5.75 Å². The first kappa shape index (κ1) is 22.6. The van der Waals surface area contributed by atoms with Crippen molar-refractivity contribution in [3.05, 3.63) is 54.6 Å². The SMILES string of the molecule is Cl.N[C@](O)(CCCOc1ccccc1)COc1ccc(OCC(=O)O)cc1. The van der Waals surface area contributed by atoms with E-state index in [9.17, 15) is 9.90 Å². The number of hydrogen-bond donors (Lipinski definition) is 3. The highest BCUT2D eigenvalue weighted by Gasteiger charge is 2.21. The molecular formula is C19H24ClNO6. The van der Waals surface area contributed by atoms with Crippen LogP contribution in [0.3, 0.4) is 0 Å². The minimum Gasteiger partial charge on any atom is -0.494 e. The molecule has 0 aromatic heterocycles. The first-order valence-corrected chi connectivity index (χ1v) is 8.21. The Hall–Kier alpha value is -2.48. The normalized spacial score (nSPS) is 12.4. The predicted octanol–water partition coefficient (Wildman–Crippen LogP) is 2.46. The lowest BCUT2D eigenvalue weighted by atomic mass is 10.1. The van der Waals surface area contributed by atoms with E-state index in [1.807, 2.05) is 30.3 Å². The van der Waals surface area contributed by atoms with Gasteiger partial charge in [-0.1, -0.05) is 18.2 Å². The number of halogens is 1. The third-order valence-electron chi connectivity index (χ3n) is 3.44. The van der Waals surface area contributed by atoms with Crippen LogP contribution in [0.1, 0.15) is 12.8 Å². The van der Waals surface area contributed by atoms with Crippen molar-refractivity contribution in [2.75, 3.05) is 19.8 Å². The molecule has 0 fully saturated rings. The maximum Gasteiger partial charge on any atom is 0.341 e. The van der Waals surface area contributed by atoms with Gasteiger partial charge < -0.3 is 30.2 Å². The lowest BCUT2D eigenvalue weighted by Crippen LogP contribution is -2.45. The maximum atomic E-state index is 10.4. The Morgan fingerprint density at radius 1 is 0.926 bits per heavy atom. The second kappa shape index (κ2) is 11.3. The number of para-hydroxylation sites is 1. The van der Waals surface area contributed by atoms with E-state index in [2.05, 4.69) is 0 Å². The van der Waals surface area contributed by atoms with E-state index >= 15 is 0 Å². The van der Waals surface area contributed by atoms with Gasteiger partial charge in [0.15, 0.2) is 6.61 Å². The van der Waals surface area contributed by atoms with E-state index in [4.69, 9.17) is 25.1 Å². The summed E-state index contributed by atoms with van der Waals surface area (Å²) >= 11 is 0. The number of hydrogen-bond acceptors (Lipinski definition) is 6. The van der Waals surface area contributed by atoms with Crippen LogP contribution in [0.25, 0.3) is 0 Å². The summed E-state index contributed by atoms with van der Waals surface area (Å²) in [6, 6.07) is 15.8. The Morgan fingerprint density at radius 2 is 1.48 bits per heavy atom. The largest absolute Gasteiger partial charge is 0.494 e. The van der Waals surface area contributed by atoms with Crippen LogP contribution in [-0.2, 0) is 4.79 Å². The summed E-state index contributed by atoms with van der Waals surface area (Å²) in [6.07, 6.45) is 0.896. The molecule has 0 radical (unpaired) electrons. The number of carboxylic acid groups (broad SMARTS) is 1. The van der Waals surface area contributed by atoms with Crippen molar-refractivity contribution in [3.63, 3.8) is 0 Å². The fourth-order valence-electron chi connectivity index (χ4n) is 2.14. The number of rotatable bonds is 11. The van der Waals surface area contributed by atoms with Crippen molar-refractivity contribution in [2.45, 2.75) is 18.6 Å². The molecule has 0 bridgehead atoms. The van der Waals surface area contributed by atoms with E-state index in [1.54, 1.807) is 24.3 Å². The van der Waals surface area contributed by atoms with Crippen LogP contribution in [0.5, 0.6) is 17.2 Å². The molecule has 2 aromatic carbocycles. The van der Waals surface area contributed by atoms with E-state index < -0.39 is 18.3 Å². The number of nitrogens with two attached hydrogens (primary N) is 1. The van der Waals surface area contributed by atoms with Crippen LogP contribution < -0.4 is 19.9 Å². The topological polar surface area (TPSA) is 111 Å². The van der Waals surface area contributed by atoms with Gasteiger partial charge in [0.05, 0.1) is 6.61 Å². The van der Waals surface area contributed by atoms with Gasteiger partial charge in [0.2, 0.25) is 0 Å². The highest BCUT2D eigenvalue weighted by Crippen LogP contribution is 2.19. The summed E-state index contributed by atoms with van der Waals surface area (Å²) in [6.45, 7) is -0.0411. The molecule has 0 spiro atoms. The van der Waals surface area contributed by atoms with Gasteiger partial charge in [-0.3, -0.25) is 0 Å². The number of aliphatic carboxylic acids is 1. The average molecular weight is 398 g/mol. The van der Waals surface area contributed by atoms with Crippen LogP contribution in [0.2, 0.25) is 0 Å². The fourth-order valence-corrected chi connectivity index (χ4v) is 2.14. The van der Waals surface area contributed by atoms with Gasteiger partial charge in [-0.05, 0) is 49.2 Å². The van der Waals surface area contributed by atoms with Gasteiger partial charge in [0, 0.05) is 0 Å². The fraction of sp³-hybridized carbons (Fsp3) is 0.316. The summed E-state index contributed by atoms with van der Waals surface area (Å²) in [7, 11) is 0. The summed E-state index contributed by atoms with van der Waals surface area (Å²) in [5, 5.41) is 18.7. The standard InChI is InChI=1S/C19H23NO6.ClH/c20-19(23,11-4-12-24-15-5-2-1-3-6-15)14-26-17-9-7-16(8-10-17)25-13-18(21)22;/h1-3,5-10,23H,4,11-14,20H2,(H,21,22);1H/t19-;/m0./s1. The number of benzene rings is 2. The zero-order valence-electron chi connectivity index (χ0n) is 14.7. The average Bonchev–Trinajstić information content (AvgIpc) is 2.64. The number of ether oxygens (including phenoxy) is 3. The first-order valence-electron chi connectivity index (χ1n) is 8.21. The minimum atomic E-state index is -1.47. The molecule has 0 unspecified atom stereocenters. The Balaban J connectivity index is 0.00000364. The van der Waals surface area contributed by atoms with E-state index in [1.165, 1.54) is 0 Å². The number of carbonyl (C=O) groups is 1. The molecule has 0 aliphatic rings. The van der Waals surface area contributed by atoms with Gasteiger partial charge >= 0.3 is 5.97 Å². The van der Waals surface area contributed by atoms with Crippen molar-refractivity contribution in [3.8, 4) is 17.2 Å². The Bertz CT molecular complexity index is 678. The number of carboxylic acids is 1. The van der Waals surface area contributed by atoms with Gasteiger partial charge in [-0.25, -0.2) is 4.79 Å². The van der Waals surface area contributed by atoms with Crippen LogP contribution in [-0.4, -0.2) is 41.7 Å². The second-order valence-corrected chi connectivity index (χ2v) is 5.81. The molecule has 0 aliphatic heterocycles. The van der Waals surface area contributed by atoms with Gasteiger partial charge in [0.1, 0.15) is 29.6 Å². The third kappa shape index (κ3) is 9.14. The van der Waals surface area contributed by atoms with Crippen molar-refractivity contribution in [1.29, 1.82) is 0 Å². The Kier molecular flexibility index (Phi) is 9.42. The summed E-state index contributed by atoms with van der Waals surface area (Å²) in [4.78, 5) is 10.4. The van der Waals surface area contributed by atoms with Gasteiger partial charge in [0.25, 0.3) is 0 Å². The Morgan fingerprint density at radius 3 is 2.07 bits per heavy atom.